The number of benzene rings is 1. The summed E-state index contributed by atoms with van der Waals surface area (Å²) in [5, 5.41) is 4.90. The molecule has 0 saturated heterocycles. The van der Waals surface area contributed by atoms with Crippen LogP contribution in [-0.4, -0.2) is 21.5 Å². The first kappa shape index (κ1) is 12.9. The quantitative estimate of drug-likeness (QED) is 0.759. The molecule has 0 radical (unpaired) electrons. The van der Waals surface area contributed by atoms with E-state index < -0.39 is 11.7 Å². The average molecular weight is 312 g/mol. The largest absolute Gasteiger partial charge is 0.442 e. The molecule has 0 fully saturated rings. The molecule has 0 aliphatic rings. The summed E-state index contributed by atoms with van der Waals surface area (Å²) in [7, 11) is 0. The van der Waals surface area contributed by atoms with Crippen LogP contribution in [0.5, 0.6) is 0 Å². The van der Waals surface area contributed by atoms with E-state index in [4.69, 9.17) is 10.5 Å². The van der Waals surface area contributed by atoms with Crippen molar-refractivity contribution in [3.63, 3.8) is 0 Å². The Labute approximate surface area is 113 Å². The number of halogens is 1. The molecule has 0 spiro atoms. The Morgan fingerprint density at radius 2 is 2.11 bits per heavy atom. The zero-order valence-electron chi connectivity index (χ0n) is 10.4. The lowest BCUT2D eigenvalue weighted by molar-refractivity contribution is 0.0522. The number of anilines is 1. The lowest BCUT2D eigenvalue weighted by Crippen LogP contribution is -2.27. The highest BCUT2D eigenvalue weighted by Gasteiger charge is 2.21. The van der Waals surface area contributed by atoms with Gasteiger partial charge in [-0.15, -0.1) is 0 Å². The van der Waals surface area contributed by atoms with Gasteiger partial charge in [0, 0.05) is 11.1 Å². The van der Waals surface area contributed by atoms with Crippen molar-refractivity contribution in [2.75, 3.05) is 5.73 Å². The number of nitrogens with zero attached hydrogens (tertiary/aromatic N) is 2. The zero-order chi connectivity index (χ0) is 13.5. The Kier molecular flexibility index (Phi) is 3.06. The molecule has 18 heavy (non-hydrogen) atoms. The summed E-state index contributed by atoms with van der Waals surface area (Å²) in [5.74, 6) is 0. The fourth-order valence-corrected chi connectivity index (χ4v) is 2.02. The van der Waals surface area contributed by atoms with Gasteiger partial charge in [0.2, 0.25) is 0 Å². The Bertz CT molecular complexity index is 614. The average Bonchev–Trinajstić information content (AvgIpc) is 2.54. The van der Waals surface area contributed by atoms with Gasteiger partial charge in [-0.25, -0.2) is 4.79 Å². The van der Waals surface area contributed by atoms with E-state index in [1.165, 1.54) is 4.68 Å². The Morgan fingerprint density at radius 3 is 2.72 bits per heavy atom. The first-order valence-electron chi connectivity index (χ1n) is 5.45. The second kappa shape index (κ2) is 4.28. The van der Waals surface area contributed by atoms with Crippen LogP contribution < -0.4 is 5.73 Å². The first-order chi connectivity index (χ1) is 8.28. The minimum atomic E-state index is -0.560. The number of hydrogen-bond donors (Lipinski definition) is 1. The highest BCUT2D eigenvalue weighted by molar-refractivity contribution is 9.10. The van der Waals surface area contributed by atoms with Crippen LogP contribution in [0.25, 0.3) is 10.9 Å². The highest BCUT2D eigenvalue weighted by atomic mass is 79.9. The minimum absolute atomic E-state index is 0.511. The summed E-state index contributed by atoms with van der Waals surface area (Å²) in [6.45, 7) is 5.43. The maximum absolute atomic E-state index is 12.0. The van der Waals surface area contributed by atoms with Crippen molar-refractivity contribution in [3.8, 4) is 0 Å². The molecule has 0 aliphatic heterocycles. The topological polar surface area (TPSA) is 70.1 Å². The molecule has 1 heterocycles. The third kappa shape index (κ3) is 2.48. The summed E-state index contributed by atoms with van der Waals surface area (Å²) >= 11 is 3.30. The second-order valence-corrected chi connectivity index (χ2v) is 5.71. The van der Waals surface area contributed by atoms with Crippen LogP contribution in [0, 0.1) is 0 Å². The molecule has 2 aromatic rings. The van der Waals surface area contributed by atoms with E-state index in [0.717, 1.165) is 5.39 Å². The molecule has 1 aromatic heterocycles. The predicted octanol–water partition coefficient (Wildman–Crippen LogP) is 3.16. The lowest BCUT2D eigenvalue weighted by Gasteiger charge is -2.19. The van der Waals surface area contributed by atoms with Crippen molar-refractivity contribution >= 4 is 38.6 Å². The van der Waals surface area contributed by atoms with E-state index in [1.54, 1.807) is 18.2 Å². The third-order valence-corrected chi connectivity index (χ3v) is 2.81. The molecular formula is C12H14BrN3O2. The molecule has 1 aromatic carbocycles. The molecular weight excluding hydrogens is 298 g/mol. The van der Waals surface area contributed by atoms with Gasteiger partial charge in [-0.05, 0) is 54.9 Å². The number of ether oxygens (including phenoxy) is 1. The van der Waals surface area contributed by atoms with Crippen LogP contribution >= 0.6 is 15.9 Å². The van der Waals surface area contributed by atoms with Crippen molar-refractivity contribution < 1.29 is 9.53 Å². The van der Waals surface area contributed by atoms with E-state index >= 15 is 0 Å². The predicted molar refractivity (Wildman–Crippen MR) is 73.5 cm³/mol. The van der Waals surface area contributed by atoms with Crippen molar-refractivity contribution in [1.29, 1.82) is 0 Å². The van der Waals surface area contributed by atoms with Crippen molar-refractivity contribution in [1.82, 2.24) is 9.78 Å². The van der Waals surface area contributed by atoms with Crippen LogP contribution in [0.2, 0.25) is 0 Å². The number of rotatable bonds is 0. The van der Waals surface area contributed by atoms with Gasteiger partial charge in [-0.1, -0.05) is 0 Å². The molecule has 0 saturated carbocycles. The van der Waals surface area contributed by atoms with Crippen LogP contribution in [0.4, 0.5) is 10.5 Å². The van der Waals surface area contributed by atoms with Crippen LogP contribution in [0.15, 0.2) is 22.8 Å². The summed E-state index contributed by atoms with van der Waals surface area (Å²) in [4.78, 5) is 12.0. The van der Waals surface area contributed by atoms with Gasteiger partial charge < -0.3 is 10.5 Å². The van der Waals surface area contributed by atoms with Crippen molar-refractivity contribution in [2.45, 2.75) is 26.4 Å². The lowest BCUT2D eigenvalue weighted by atomic mass is 10.2. The SMILES string of the molecule is CC(C)(C)OC(=O)n1nc(Br)c2cc(N)ccc21. The minimum Gasteiger partial charge on any atom is -0.442 e. The number of nitrogens with two attached hydrogens (primary N) is 1. The first-order valence-corrected chi connectivity index (χ1v) is 6.24. The number of aromatic nitrogens is 2. The number of hydrogen-bond acceptors (Lipinski definition) is 4. The summed E-state index contributed by atoms with van der Waals surface area (Å²) in [6, 6.07) is 5.22. The third-order valence-electron chi connectivity index (χ3n) is 2.23. The van der Waals surface area contributed by atoms with E-state index in [1.807, 2.05) is 20.8 Å². The van der Waals surface area contributed by atoms with Gasteiger partial charge in [0.15, 0.2) is 0 Å². The standard InChI is InChI=1S/C12H14BrN3O2/c1-12(2,3)18-11(17)16-9-5-4-7(14)6-8(9)10(13)15-16/h4-6H,14H2,1-3H3. The zero-order valence-corrected chi connectivity index (χ0v) is 12.0. The van der Waals surface area contributed by atoms with Gasteiger partial charge in [-0.2, -0.15) is 9.78 Å². The Morgan fingerprint density at radius 1 is 1.44 bits per heavy atom. The molecule has 0 atom stereocenters. The summed E-state index contributed by atoms with van der Waals surface area (Å²) in [6.07, 6.45) is -0.511. The molecule has 0 aliphatic carbocycles. The number of carbonyl (C=O) groups excluding carboxylic acids is 1. The van der Waals surface area contributed by atoms with Gasteiger partial charge in [0.1, 0.15) is 10.2 Å². The van der Waals surface area contributed by atoms with Gasteiger partial charge >= 0.3 is 6.09 Å². The molecule has 2 rings (SSSR count). The number of fused-ring (bicyclic) bond motifs is 1. The molecule has 0 amide bonds. The molecule has 6 heteroatoms. The summed E-state index contributed by atoms with van der Waals surface area (Å²) in [5.41, 5.74) is 6.42. The van der Waals surface area contributed by atoms with Gasteiger partial charge in [0.05, 0.1) is 5.52 Å². The second-order valence-electron chi connectivity index (χ2n) is 4.96. The summed E-state index contributed by atoms with van der Waals surface area (Å²) < 4.78 is 7.08. The van der Waals surface area contributed by atoms with Crippen LogP contribution in [-0.2, 0) is 4.74 Å². The highest BCUT2D eigenvalue weighted by Crippen LogP contribution is 2.26. The fourth-order valence-electron chi connectivity index (χ4n) is 1.54. The van der Waals surface area contributed by atoms with E-state index in [0.29, 0.717) is 15.8 Å². The maximum Gasteiger partial charge on any atom is 0.435 e. The van der Waals surface area contributed by atoms with Gasteiger partial charge in [-0.3, -0.25) is 0 Å². The normalized spacial score (nSPS) is 11.8. The van der Waals surface area contributed by atoms with Crippen LogP contribution in [0.1, 0.15) is 20.8 Å². The number of nitrogen functional groups attached to an aromatic ring is 1. The fraction of sp³-hybridized carbons (Fsp3) is 0.333. The number of carbonyl (C=O) groups is 1. The smallest absolute Gasteiger partial charge is 0.435 e. The molecule has 0 bridgehead atoms. The van der Waals surface area contributed by atoms with Crippen molar-refractivity contribution in [2.24, 2.45) is 0 Å². The van der Waals surface area contributed by atoms with Crippen molar-refractivity contribution in [3.05, 3.63) is 22.8 Å². The van der Waals surface area contributed by atoms with Crippen LogP contribution in [0.3, 0.4) is 0 Å². The Balaban J connectivity index is 2.49. The maximum atomic E-state index is 12.0. The van der Waals surface area contributed by atoms with E-state index in [2.05, 4.69) is 21.0 Å². The monoisotopic (exact) mass is 311 g/mol. The molecule has 0 unspecified atom stereocenters. The van der Waals surface area contributed by atoms with E-state index in [9.17, 15) is 4.79 Å². The van der Waals surface area contributed by atoms with E-state index in [-0.39, 0.29) is 0 Å². The van der Waals surface area contributed by atoms with Gasteiger partial charge in [0.25, 0.3) is 0 Å². The molecule has 5 nitrogen and oxygen atoms in total. The Hall–Kier alpha value is -1.56. The molecule has 2 N–H and O–H groups in total. The molecule has 96 valence electrons.